The number of rotatable bonds is 8. The van der Waals surface area contributed by atoms with Gasteiger partial charge >= 0.3 is 5.97 Å². The topological polar surface area (TPSA) is 64.6 Å². The molecule has 1 atom stereocenters. The molecule has 1 N–H and O–H groups in total. The van der Waals surface area contributed by atoms with Gasteiger partial charge in [-0.05, 0) is 40.8 Å². The molecule has 2 aromatic carbocycles. The summed E-state index contributed by atoms with van der Waals surface area (Å²) in [5, 5.41) is 4.85. The van der Waals surface area contributed by atoms with E-state index < -0.39 is 5.97 Å². The number of nitrogens with one attached hydrogen (secondary N) is 1. The van der Waals surface area contributed by atoms with E-state index in [1.165, 1.54) is 17.4 Å². The van der Waals surface area contributed by atoms with Gasteiger partial charge in [-0.2, -0.15) is 0 Å². The van der Waals surface area contributed by atoms with Crippen LogP contribution in [0.3, 0.4) is 0 Å². The van der Waals surface area contributed by atoms with Crippen LogP contribution in [0.4, 0.5) is 0 Å². The third kappa shape index (κ3) is 6.05. The fraction of sp³-hybridized carbons (Fsp3) is 0.130. The number of carbonyl (C=O) groups is 2. The summed E-state index contributed by atoms with van der Waals surface area (Å²) in [4.78, 5) is 25.2. The van der Waals surface area contributed by atoms with Crippen molar-refractivity contribution in [1.82, 2.24) is 5.32 Å². The first kappa shape index (κ1) is 20.4. The van der Waals surface area contributed by atoms with E-state index >= 15 is 0 Å². The van der Waals surface area contributed by atoms with Crippen molar-refractivity contribution in [1.29, 1.82) is 0 Å². The Morgan fingerprint density at radius 1 is 1.00 bits per heavy atom. The van der Waals surface area contributed by atoms with Gasteiger partial charge in [0.2, 0.25) is 0 Å². The number of ether oxygens (including phenoxy) is 2. The molecule has 0 saturated carbocycles. The summed E-state index contributed by atoms with van der Waals surface area (Å²) in [6.45, 7) is -0.354. The smallest absolute Gasteiger partial charge is 0.331 e. The van der Waals surface area contributed by atoms with Crippen LogP contribution in [-0.2, 0) is 14.3 Å². The Balaban J connectivity index is 1.64. The van der Waals surface area contributed by atoms with Gasteiger partial charge in [-0.15, -0.1) is 11.3 Å². The third-order valence-corrected chi connectivity index (χ3v) is 5.00. The Hall–Kier alpha value is -3.38. The molecule has 6 heteroatoms. The fourth-order valence-electron chi connectivity index (χ4n) is 2.72. The van der Waals surface area contributed by atoms with Crippen LogP contribution in [-0.4, -0.2) is 25.6 Å². The van der Waals surface area contributed by atoms with Crippen molar-refractivity contribution in [2.45, 2.75) is 6.04 Å². The lowest BCUT2D eigenvalue weighted by atomic mass is 9.98. The molecule has 1 amide bonds. The molecule has 0 spiro atoms. The van der Waals surface area contributed by atoms with Crippen molar-refractivity contribution in [3.63, 3.8) is 0 Å². The quantitative estimate of drug-likeness (QED) is 0.449. The average Bonchev–Trinajstić information content (AvgIpc) is 3.29. The Morgan fingerprint density at radius 3 is 2.38 bits per heavy atom. The molecule has 3 rings (SSSR count). The van der Waals surface area contributed by atoms with E-state index in [1.807, 2.05) is 72.1 Å². The number of thiophene rings is 1. The minimum absolute atomic E-state index is 0.354. The van der Waals surface area contributed by atoms with Crippen LogP contribution in [0.1, 0.15) is 22.0 Å². The number of hydrogen-bond acceptors (Lipinski definition) is 5. The predicted molar refractivity (Wildman–Crippen MR) is 114 cm³/mol. The summed E-state index contributed by atoms with van der Waals surface area (Å²) < 4.78 is 10.3. The highest BCUT2D eigenvalue weighted by atomic mass is 32.1. The lowest BCUT2D eigenvalue weighted by molar-refractivity contribution is -0.143. The fourth-order valence-corrected chi connectivity index (χ4v) is 3.34. The van der Waals surface area contributed by atoms with E-state index in [-0.39, 0.29) is 18.6 Å². The number of carbonyl (C=O) groups excluding carboxylic acids is 2. The van der Waals surface area contributed by atoms with Crippen LogP contribution in [0.2, 0.25) is 0 Å². The number of methoxy groups -OCH3 is 1. The molecule has 148 valence electrons. The summed E-state index contributed by atoms with van der Waals surface area (Å²) in [6, 6.07) is 20.5. The molecule has 5 nitrogen and oxygen atoms in total. The van der Waals surface area contributed by atoms with Crippen LogP contribution < -0.4 is 10.1 Å². The minimum Gasteiger partial charge on any atom is -0.497 e. The first-order chi connectivity index (χ1) is 14.2. The van der Waals surface area contributed by atoms with Gasteiger partial charge in [-0.3, -0.25) is 4.79 Å². The van der Waals surface area contributed by atoms with Gasteiger partial charge in [-0.25, -0.2) is 4.79 Å². The highest BCUT2D eigenvalue weighted by Gasteiger charge is 2.17. The van der Waals surface area contributed by atoms with Gasteiger partial charge < -0.3 is 14.8 Å². The van der Waals surface area contributed by atoms with Crippen LogP contribution in [0, 0.1) is 0 Å². The van der Waals surface area contributed by atoms with Crippen molar-refractivity contribution in [2.75, 3.05) is 13.7 Å². The molecule has 1 aromatic heterocycles. The molecule has 0 saturated heterocycles. The molecule has 0 unspecified atom stereocenters. The van der Waals surface area contributed by atoms with Crippen LogP contribution in [0.5, 0.6) is 5.75 Å². The van der Waals surface area contributed by atoms with E-state index in [0.717, 1.165) is 21.8 Å². The summed E-state index contributed by atoms with van der Waals surface area (Å²) in [6.07, 6.45) is 2.98. The van der Waals surface area contributed by atoms with Crippen molar-refractivity contribution in [2.24, 2.45) is 0 Å². The molecular formula is C23H21NO4S. The summed E-state index contributed by atoms with van der Waals surface area (Å²) in [5.74, 6) is -0.208. The Kier molecular flexibility index (Phi) is 7.19. The molecular weight excluding hydrogens is 386 g/mol. The maximum Gasteiger partial charge on any atom is 0.331 e. The largest absolute Gasteiger partial charge is 0.497 e. The lowest BCUT2D eigenvalue weighted by Gasteiger charge is -2.20. The van der Waals surface area contributed by atoms with Crippen molar-refractivity contribution < 1.29 is 19.1 Å². The highest BCUT2D eigenvalue weighted by molar-refractivity contribution is 7.10. The average molecular weight is 407 g/mol. The second kappa shape index (κ2) is 10.2. The second-order valence-electron chi connectivity index (χ2n) is 6.14. The zero-order chi connectivity index (χ0) is 20.5. The monoisotopic (exact) mass is 407 g/mol. The van der Waals surface area contributed by atoms with E-state index in [1.54, 1.807) is 13.2 Å². The van der Waals surface area contributed by atoms with Crippen LogP contribution in [0.25, 0.3) is 6.08 Å². The van der Waals surface area contributed by atoms with E-state index in [0.29, 0.717) is 0 Å². The first-order valence-electron chi connectivity index (χ1n) is 9.02. The Labute approximate surface area is 173 Å². The maximum absolute atomic E-state index is 12.4. The minimum atomic E-state index is -0.561. The summed E-state index contributed by atoms with van der Waals surface area (Å²) in [5.41, 5.74) is 1.82. The van der Waals surface area contributed by atoms with Gasteiger partial charge in [0.15, 0.2) is 6.61 Å². The van der Waals surface area contributed by atoms with E-state index in [2.05, 4.69) is 5.32 Å². The van der Waals surface area contributed by atoms with E-state index in [9.17, 15) is 9.59 Å². The van der Waals surface area contributed by atoms with Gasteiger partial charge in [0.05, 0.1) is 13.2 Å². The number of hydrogen-bond donors (Lipinski definition) is 1. The van der Waals surface area contributed by atoms with Gasteiger partial charge in [0, 0.05) is 11.0 Å². The highest BCUT2D eigenvalue weighted by Crippen LogP contribution is 2.24. The normalized spacial score (nSPS) is 11.8. The van der Waals surface area contributed by atoms with Gasteiger partial charge in [0.1, 0.15) is 5.75 Å². The maximum atomic E-state index is 12.4. The van der Waals surface area contributed by atoms with Crippen LogP contribution >= 0.6 is 11.3 Å². The second-order valence-corrected chi connectivity index (χ2v) is 7.12. The molecule has 0 aliphatic carbocycles. The zero-order valence-electron chi connectivity index (χ0n) is 15.9. The standard InChI is InChI=1S/C23H21NO4S/c1-27-19-11-9-18(10-12-19)23(17-6-3-2-4-7-17)24-21(25)16-28-22(26)14-13-20-8-5-15-29-20/h2-15,23H,16H2,1H3,(H,24,25)/b14-13+/t23-/m1/s1. The zero-order valence-corrected chi connectivity index (χ0v) is 16.7. The van der Waals surface area contributed by atoms with Gasteiger partial charge in [0.25, 0.3) is 5.91 Å². The molecule has 29 heavy (non-hydrogen) atoms. The number of benzene rings is 2. The molecule has 0 bridgehead atoms. The molecule has 0 aliphatic heterocycles. The number of esters is 1. The van der Waals surface area contributed by atoms with E-state index in [4.69, 9.17) is 9.47 Å². The number of amides is 1. The Morgan fingerprint density at radius 2 is 1.72 bits per heavy atom. The van der Waals surface area contributed by atoms with Crippen molar-refractivity contribution >= 4 is 29.3 Å². The molecule has 1 heterocycles. The first-order valence-corrected chi connectivity index (χ1v) is 9.90. The Bertz CT molecular complexity index is 950. The van der Waals surface area contributed by atoms with Crippen molar-refractivity contribution in [3.8, 4) is 5.75 Å². The summed E-state index contributed by atoms with van der Waals surface area (Å²) >= 11 is 1.51. The molecule has 3 aromatic rings. The third-order valence-electron chi connectivity index (χ3n) is 4.16. The van der Waals surface area contributed by atoms with Gasteiger partial charge in [-0.1, -0.05) is 48.5 Å². The summed E-state index contributed by atoms with van der Waals surface area (Å²) in [7, 11) is 1.60. The van der Waals surface area contributed by atoms with Crippen LogP contribution in [0.15, 0.2) is 78.2 Å². The predicted octanol–water partition coefficient (Wildman–Crippen LogP) is 4.22. The van der Waals surface area contributed by atoms with Crippen molar-refractivity contribution in [3.05, 3.63) is 94.2 Å². The molecule has 0 radical (unpaired) electrons. The molecule has 0 fully saturated rings. The lowest BCUT2D eigenvalue weighted by Crippen LogP contribution is -2.32. The SMILES string of the molecule is COc1ccc([C@H](NC(=O)COC(=O)/C=C/c2cccs2)c2ccccc2)cc1. The molecule has 0 aliphatic rings.